The molecule has 0 saturated carbocycles. The fourth-order valence-corrected chi connectivity index (χ4v) is 4.82. The molecule has 2 amide bonds. The molecule has 0 unspecified atom stereocenters. The first-order chi connectivity index (χ1) is 17.1. The minimum atomic E-state index is -0.537. The summed E-state index contributed by atoms with van der Waals surface area (Å²) >= 11 is 0. The molecular formula is C27H29FN4O3. The summed E-state index contributed by atoms with van der Waals surface area (Å²) in [6, 6.07) is 16.3. The Morgan fingerprint density at radius 1 is 0.914 bits per heavy atom. The highest BCUT2D eigenvalue weighted by Gasteiger charge is 2.33. The fraction of sp³-hybridized carbons (Fsp3) is 0.370. The molecule has 5 rings (SSSR count). The van der Waals surface area contributed by atoms with Gasteiger partial charge in [-0.15, -0.1) is 0 Å². The maximum absolute atomic E-state index is 14.3. The van der Waals surface area contributed by atoms with Crippen LogP contribution in [0.25, 0.3) is 0 Å². The fourth-order valence-electron chi connectivity index (χ4n) is 4.82. The van der Waals surface area contributed by atoms with Gasteiger partial charge in [0, 0.05) is 43.9 Å². The Morgan fingerprint density at radius 2 is 1.66 bits per heavy atom. The minimum Gasteiger partial charge on any atom is -0.378 e. The van der Waals surface area contributed by atoms with Gasteiger partial charge in [0.2, 0.25) is 0 Å². The highest BCUT2D eigenvalue weighted by Crippen LogP contribution is 2.26. The van der Waals surface area contributed by atoms with Crippen LogP contribution in [0.1, 0.15) is 44.1 Å². The van der Waals surface area contributed by atoms with E-state index in [1.165, 1.54) is 17.7 Å². The maximum Gasteiger partial charge on any atom is 0.274 e. The zero-order valence-corrected chi connectivity index (χ0v) is 19.7. The van der Waals surface area contributed by atoms with E-state index in [0.29, 0.717) is 51.5 Å². The van der Waals surface area contributed by atoms with Gasteiger partial charge in [-0.05, 0) is 30.5 Å². The average Bonchev–Trinajstić information content (AvgIpc) is 3.27. The van der Waals surface area contributed by atoms with Gasteiger partial charge in [-0.1, -0.05) is 42.5 Å². The predicted octanol–water partition coefficient (Wildman–Crippen LogP) is 3.33. The molecule has 2 aliphatic rings. The number of hydrogen-bond acceptors (Lipinski definition) is 4. The molecule has 1 fully saturated rings. The summed E-state index contributed by atoms with van der Waals surface area (Å²) in [5.41, 5.74) is 3.48. The lowest BCUT2D eigenvalue weighted by Gasteiger charge is -2.29. The van der Waals surface area contributed by atoms with E-state index in [1.54, 1.807) is 21.9 Å². The molecule has 35 heavy (non-hydrogen) atoms. The van der Waals surface area contributed by atoms with Gasteiger partial charge in [-0.2, -0.15) is 5.10 Å². The Labute approximate surface area is 204 Å². The van der Waals surface area contributed by atoms with Gasteiger partial charge in [-0.25, -0.2) is 4.39 Å². The average molecular weight is 477 g/mol. The number of hydrogen-bond donors (Lipinski definition) is 0. The Bertz CT molecular complexity index is 1200. The van der Waals surface area contributed by atoms with Crippen molar-refractivity contribution in [3.05, 3.63) is 88.5 Å². The smallest absolute Gasteiger partial charge is 0.274 e. The molecule has 3 aromatic rings. The first kappa shape index (κ1) is 23.2. The van der Waals surface area contributed by atoms with Crippen LogP contribution in [-0.4, -0.2) is 64.2 Å². The Kier molecular flexibility index (Phi) is 6.90. The number of halogens is 1. The standard InChI is InChI=1S/C27H29FN4O3/c28-23-11-5-4-10-21(23)26(33)31-14-12-24-22(19-31)25(27(34)30-15-17-35-18-16-30)29-32(24)13-6-9-20-7-2-1-3-8-20/h1-5,7-8,10-11H,6,9,12-19H2. The van der Waals surface area contributed by atoms with Gasteiger partial charge in [0.25, 0.3) is 11.8 Å². The molecule has 182 valence electrons. The molecule has 2 aliphatic heterocycles. The number of amides is 2. The van der Waals surface area contributed by atoms with E-state index in [1.807, 2.05) is 22.9 Å². The molecule has 0 aliphatic carbocycles. The SMILES string of the molecule is O=C(c1ccccc1F)N1CCc2c(c(C(=O)N3CCOCC3)nn2CCCc2ccccc2)C1. The molecular weight excluding hydrogens is 447 g/mol. The van der Waals surface area contributed by atoms with E-state index in [-0.39, 0.29) is 23.9 Å². The van der Waals surface area contributed by atoms with Crippen LogP contribution in [0.5, 0.6) is 0 Å². The molecule has 0 radical (unpaired) electrons. The van der Waals surface area contributed by atoms with E-state index >= 15 is 0 Å². The number of carbonyl (C=O) groups excluding carboxylic acids is 2. The first-order valence-electron chi connectivity index (χ1n) is 12.1. The van der Waals surface area contributed by atoms with Crippen molar-refractivity contribution in [2.24, 2.45) is 0 Å². The van der Waals surface area contributed by atoms with Gasteiger partial charge in [0.15, 0.2) is 5.69 Å². The number of rotatable bonds is 6. The van der Waals surface area contributed by atoms with Crippen LogP contribution in [0.15, 0.2) is 54.6 Å². The number of nitrogens with zero attached hydrogens (tertiary/aromatic N) is 4. The van der Waals surface area contributed by atoms with E-state index < -0.39 is 5.82 Å². The predicted molar refractivity (Wildman–Crippen MR) is 129 cm³/mol. The number of fused-ring (bicyclic) bond motifs is 1. The lowest BCUT2D eigenvalue weighted by atomic mass is 10.0. The summed E-state index contributed by atoms with van der Waals surface area (Å²) in [5.74, 6) is -1.04. The summed E-state index contributed by atoms with van der Waals surface area (Å²) in [6.45, 7) is 3.43. The zero-order chi connectivity index (χ0) is 24.2. The molecule has 7 nitrogen and oxygen atoms in total. The number of aromatic nitrogens is 2. The second kappa shape index (κ2) is 10.4. The van der Waals surface area contributed by atoms with Crippen molar-refractivity contribution < 1.29 is 18.7 Å². The van der Waals surface area contributed by atoms with Crippen molar-refractivity contribution in [1.82, 2.24) is 19.6 Å². The topological polar surface area (TPSA) is 67.7 Å². The Morgan fingerprint density at radius 3 is 2.43 bits per heavy atom. The second-order valence-electron chi connectivity index (χ2n) is 8.95. The van der Waals surface area contributed by atoms with Crippen molar-refractivity contribution in [1.29, 1.82) is 0 Å². The summed E-state index contributed by atoms with van der Waals surface area (Å²) in [7, 11) is 0. The number of morpholine rings is 1. The number of aryl methyl sites for hydroxylation is 2. The number of carbonyl (C=O) groups is 2. The third kappa shape index (κ3) is 4.98. The van der Waals surface area contributed by atoms with E-state index in [2.05, 4.69) is 12.1 Å². The van der Waals surface area contributed by atoms with E-state index in [4.69, 9.17) is 9.84 Å². The van der Waals surface area contributed by atoms with Gasteiger partial charge in [0.05, 0.1) is 25.3 Å². The third-order valence-corrected chi connectivity index (χ3v) is 6.70. The summed E-state index contributed by atoms with van der Waals surface area (Å²) in [5, 5.41) is 4.75. The normalized spacial score (nSPS) is 15.7. The molecule has 0 bridgehead atoms. The quantitative estimate of drug-likeness (QED) is 0.548. The van der Waals surface area contributed by atoms with Crippen molar-refractivity contribution in [3.63, 3.8) is 0 Å². The lowest BCUT2D eigenvalue weighted by molar-refractivity contribution is 0.0296. The van der Waals surface area contributed by atoms with Crippen molar-refractivity contribution in [3.8, 4) is 0 Å². The zero-order valence-electron chi connectivity index (χ0n) is 19.7. The van der Waals surface area contributed by atoms with Gasteiger partial charge in [0.1, 0.15) is 5.82 Å². The Hall–Kier alpha value is -3.52. The molecule has 0 N–H and O–H groups in total. The van der Waals surface area contributed by atoms with Crippen LogP contribution in [0.4, 0.5) is 4.39 Å². The minimum absolute atomic E-state index is 0.0484. The molecule has 0 spiro atoms. The third-order valence-electron chi connectivity index (χ3n) is 6.70. The van der Waals surface area contributed by atoms with E-state index in [0.717, 1.165) is 24.1 Å². The molecule has 1 aromatic heterocycles. The molecule has 2 aromatic carbocycles. The summed E-state index contributed by atoms with van der Waals surface area (Å²) in [6.07, 6.45) is 2.38. The highest BCUT2D eigenvalue weighted by atomic mass is 19.1. The molecule has 1 saturated heterocycles. The highest BCUT2D eigenvalue weighted by molar-refractivity contribution is 5.96. The van der Waals surface area contributed by atoms with Crippen molar-refractivity contribution in [2.75, 3.05) is 32.8 Å². The van der Waals surface area contributed by atoms with E-state index in [9.17, 15) is 14.0 Å². The van der Waals surface area contributed by atoms with Gasteiger partial charge in [-0.3, -0.25) is 14.3 Å². The second-order valence-corrected chi connectivity index (χ2v) is 8.95. The lowest BCUT2D eigenvalue weighted by Crippen LogP contribution is -2.42. The van der Waals surface area contributed by atoms with Crippen LogP contribution >= 0.6 is 0 Å². The van der Waals surface area contributed by atoms with Gasteiger partial charge >= 0.3 is 0 Å². The van der Waals surface area contributed by atoms with Crippen LogP contribution < -0.4 is 0 Å². The maximum atomic E-state index is 14.3. The van der Waals surface area contributed by atoms with Crippen LogP contribution in [0.2, 0.25) is 0 Å². The number of ether oxygens (including phenoxy) is 1. The summed E-state index contributed by atoms with van der Waals surface area (Å²) in [4.78, 5) is 29.9. The van der Waals surface area contributed by atoms with Crippen molar-refractivity contribution >= 4 is 11.8 Å². The molecule has 8 heteroatoms. The van der Waals surface area contributed by atoms with Gasteiger partial charge < -0.3 is 14.5 Å². The van der Waals surface area contributed by atoms with Crippen LogP contribution in [0.3, 0.4) is 0 Å². The largest absolute Gasteiger partial charge is 0.378 e. The summed E-state index contributed by atoms with van der Waals surface area (Å²) < 4.78 is 21.6. The first-order valence-corrected chi connectivity index (χ1v) is 12.1. The monoisotopic (exact) mass is 476 g/mol. The van der Waals surface area contributed by atoms with Crippen LogP contribution in [0, 0.1) is 5.82 Å². The Balaban J connectivity index is 1.40. The van der Waals surface area contributed by atoms with Crippen LogP contribution in [-0.2, 0) is 30.7 Å². The number of benzene rings is 2. The molecule has 0 atom stereocenters. The van der Waals surface area contributed by atoms with Crippen molar-refractivity contribution in [2.45, 2.75) is 32.4 Å². The molecule has 3 heterocycles.